The first kappa shape index (κ1) is 13.9. The maximum atomic E-state index is 3.48. The number of nitrogens with zero attached hydrogens (tertiary/aromatic N) is 1. The van der Waals surface area contributed by atoms with E-state index in [2.05, 4.69) is 79.4 Å². The van der Waals surface area contributed by atoms with Gasteiger partial charge in [0.15, 0.2) is 0 Å². The summed E-state index contributed by atoms with van der Waals surface area (Å²) >= 11 is 0. The molecular formula is C17H24N2. The van der Waals surface area contributed by atoms with E-state index in [1.165, 1.54) is 11.1 Å². The van der Waals surface area contributed by atoms with Crippen LogP contribution in [-0.2, 0) is 6.54 Å². The van der Waals surface area contributed by atoms with E-state index in [9.17, 15) is 0 Å². The van der Waals surface area contributed by atoms with Gasteiger partial charge in [-0.25, -0.2) is 0 Å². The van der Waals surface area contributed by atoms with Gasteiger partial charge in [-0.1, -0.05) is 44.2 Å². The standard InChI is InChI=1S/C17H24N2/c1-14(2)11-18-12-16-9-10-19(13-16)15(3)17-7-5-4-6-8-17/h4-10,13-15,18H,11-12H2,1-3H3/t15-/m0/s1. The van der Waals surface area contributed by atoms with Crippen molar-refractivity contribution in [1.82, 2.24) is 9.88 Å². The van der Waals surface area contributed by atoms with Crippen molar-refractivity contribution >= 4 is 0 Å². The molecular weight excluding hydrogens is 232 g/mol. The Morgan fingerprint density at radius 1 is 1.05 bits per heavy atom. The maximum absolute atomic E-state index is 3.48. The molecule has 0 saturated heterocycles. The second-order valence-corrected chi connectivity index (χ2v) is 5.58. The number of hydrogen-bond donors (Lipinski definition) is 1. The summed E-state index contributed by atoms with van der Waals surface area (Å²) < 4.78 is 2.28. The molecule has 0 amide bonds. The van der Waals surface area contributed by atoms with Crippen molar-refractivity contribution in [3.63, 3.8) is 0 Å². The van der Waals surface area contributed by atoms with Crippen molar-refractivity contribution in [3.05, 3.63) is 59.9 Å². The highest BCUT2D eigenvalue weighted by atomic mass is 15.0. The number of nitrogens with one attached hydrogen (secondary N) is 1. The van der Waals surface area contributed by atoms with Crippen molar-refractivity contribution in [1.29, 1.82) is 0 Å². The predicted octanol–water partition coefficient (Wildman–Crippen LogP) is 3.84. The lowest BCUT2D eigenvalue weighted by Gasteiger charge is -2.14. The lowest BCUT2D eigenvalue weighted by molar-refractivity contribution is 0.551. The molecule has 0 fully saturated rings. The quantitative estimate of drug-likeness (QED) is 0.831. The van der Waals surface area contributed by atoms with Gasteiger partial charge >= 0.3 is 0 Å². The molecule has 0 bridgehead atoms. The van der Waals surface area contributed by atoms with E-state index in [4.69, 9.17) is 0 Å². The number of benzene rings is 1. The Morgan fingerprint density at radius 2 is 1.79 bits per heavy atom. The van der Waals surface area contributed by atoms with Gasteiger partial charge in [0.05, 0.1) is 6.04 Å². The zero-order valence-electron chi connectivity index (χ0n) is 12.1. The maximum Gasteiger partial charge on any atom is 0.0551 e. The van der Waals surface area contributed by atoms with Gasteiger partial charge in [-0.15, -0.1) is 0 Å². The lowest BCUT2D eigenvalue weighted by Crippen LogP contribution is -2.18. The third-order valence-corrected chi connectivity index (χ3v) is 3.39. The molecule has 1 heterocycles. The van der Waals surface area contributed by atoms with Crippen LogP contribution in [0.15, 0.2) is 48.8 Å². The van der Waals surface area contributed by atoms with Crippen LogP contribution in [-0.4, -0.2) is 11.1 Å². The van der Waals surface area contributed by atoms with E-state index in [-0.39, 0.29) is 0 Å². The van der Waals surface area contributed by atoms with Crippen molar-refractivity contribution < 1.29 is 0 Å². The largest absolute Gasteiger partial charge is 0.347 e. The fourth-order valence-electron chi connectivity index (χ4n) is 2.21. The van der Waals surface area contributed by atoms with E-state index in [0.29, 0.717) is 12.0 Å². The van der Waals surface area contributed by atoms with Crippen LogP contribution >= 0.6 is 0 Å². The van der Waals surface area contributed by atoms with Crippen LogP contribution < -0.4 is 5.32 Å². The fraction of sp³-hybridized carbons (Fsp3) is 0.412. The minimum Gasteiger partial charge on any atom is -0.347 e. The van der Waals surface area contributed by atoms with Gasteiger partial charge in [-0.2, -0.15) is 0 Å². The molecule has 2 nitrogen and oxygen atoms in total. The van der Waals surface area contributed by atoms with Gasteiger partial charge in [0, 0.05) is 18.9 Å². The molecule has 0 unspecified atom stereocenters. The summed E-state index contributed by atoms with van der Waals surface area (Å²) in [6.07, 6.45) is 4.41. The Kier molecular flexibility index (Phi) is 4.80. The lowest BCUT2D eigenvalue weighted by atomic mass is 10.1. The monoisotopic (exact) mass is 256 g/mol. The number of rotatable bonds is 6. The summed E-state index contributed by atoms with van der Waals surface area (Å²) in [4.78, 5) is 0. The molecule has 19 heavy (non-hydrogen) atoms. The molecule has 102 valence electrons. The third kappa shape index (κ3) is 3.97. The van der Waals surface area contributed by atoms with Crippen LogP contribution in [0.2, 0.25) is 0 Å². The molecule has 1 atom stereocenters. The van der Waals surface area contributed by atoms with Gasteiger partial charge in [0.1, 0.15) is 0 Å². The molecule has 2 aromatic rings. The van der Waals surface area contributed by atoms with Gasteiger partial charge in [0.25, 0.3) is 0 Å². The first-order valence-corrected chi connectivity index (χ1v) is 7.09. The van der Waals surface area contributed by atoms with Gasteiger partial charge < -0.3 is 9.88 Å². The summed E-state index contributed by atoms with van der Waals surface area (Å²) in [6.45, 7) is 8.72. The molecule has 0 aliphatic heterocycles. The second-order valence-electron chi connectivity index (χ2n) is 5.58. The molecule has 2 rings (SSSR count). The van der Waals surface area contributed by atoms with E-state index in [1.807, 2.05) is 0 Å². The van der Waals surface area contributed by atoms with Crippen LogP contribution in [0.25, 0.3) is 0 Å². The van der Waals surface area contributed by atoms with Crippen LogP contribution in [0, 0.1) is 5.92 Å². The van der Waals surface area contributed by atoms with Crippen LogP contribution in [0.5, 0.6) is 0 Å². The highest BCUT2D eigenvalue weighted by molar-refractivity contribution is 5.21. The molecule has 0 spiro atoms. The van der Waals surface area contributed by atoms with Gasteiger partial charge in [-0.05, 0) is 36.6 Å². The number of aromatic nitrogens is 1. The Balaban J connectivity index is 1.97. The smallest absolute Gasteiger partial charge is 0.0551 e. The minimum atomic E-state index is 0.389. The van der Waals surface area contributed by atoms with E-state index >= 15 is 0 Å². The molecule has 0 aliphatic rings. The molecule has 1 aromatic carbocycles. The second kappa shape index (κ2) is 6.58. The minimum absolute atomic E-state index is 0.389. The molecule has 0 radical (unpaired) electrons. The average Bonchev–Trinajstić information content (AvgIpc) is 2.87. The highest BCUT2D eigenvalue weighted by Gasteiger charge is 2.07. The van der Waals surface area contributed by atoms with E-state index in [0.717, 1.165) is 13.1 Å². The Labute approximate surface area is 116 Å². The fourth-order valence-corrected chi connectivity index (χ4v) is 2.21. The molecule has 0 aliphatic carbocycles. The molecule has 1 N–H and O–H groups in total. The molecule has 1 aromatic heterocycles. The Morgan fingerprint density at radius 3 is 2.47 bits per heavy atom. The summed E-state index contributed by atoms with van der Waals surface area (Å²) in [5.74, 6) is 0.699. The van der Waals surface area contributed by atoms with Crippen molar-refractivity contribution in [2.45, 2.75) is 33.4 Å². The zero-order valence-corrected chi connectivity index (χ0v) is 12.1. The topological polar surface area (TPSA) is 17.0 Å². The zero-order chi connectivity index (χ0) is 13.7. The van der Waals surface area contributed by atoms with Crippen molar-refractivity contribution in [2.75, 3.05) is 6.54 Å². The Bertz CT molecular complexity index is 485. The predicted molar refractivity (Wildman–Crippen MR) is 81.2 cm³/mol. The van der Waals surface area contributed by atoms with Crippen LogP contribution in [0.1, 0.15) is 37.9 Å². The highest BCUT2D eigenvalue weighted by Crippen LogP contribution is 2.18. The van der Waals surface area contributed by atoms with Crippen molar-refractivity contribution in [3.8, 4) is 0 Å². The number of hydrogen-bond acceptors (Lipinski definition) is 1. The van der Waals surface area contributed by atoms with E-state index < -0.39 is 0 Å². The van der Waals surface area contributed by atoms with Gasteiger partial charge in [-0.3, -0.25) is 0 Å². The van der Waals surface area contributed by atoms with Crippen LogP contribution in [0.3, 0.4) is 0 Å². The SMILES string of the molecule is CC(C)CNCc1ccn([C@@H](C)c2ccccc2)c1. The van der Waals surface area contributed by atoms with Gasteiger partial charge in [0.2, 0.25) is 0 Å². The first-order valence-electron chi connectivity index (χ1n) is 7.09. The summed E-state index contributed by atoms with van der Waals surface area (Å²) in [7, 11) is 0. The normalized spacial score (nSPS) is 12.8. The van der Waals surface area contributed by atoms with Crippen LogP contribution in [0.4, 0.5) is 0 Å². The third-order valence-electron chi connectivity index (χ3n) is 3.39. The summed E-state index contributed by atoms with van der Waals surface area (Å²) in [6, 6.07) is 13.2. The average molecular weight is 256 g/mol. The Hall–Kier alpha value is -1.54. The molecule has 2 heteroatoms. The molecule has 0 saturated carbocycles. The van der Waals surface area contributed by atoms with E-state index in [1.54, 1.807) is 0 Å². The first-order chi connectivity index (χ1) is 9.16. The van der Waals surface area contributed by atoms with Crippen molar-refractivity contribution in [2.24, 2.45) is 5.92 Å². The summed E-state index contributed by atoms with van der Waals surface area (Å²) in [5, 5.41) is 3.48. The summed E-state index contributed by atoms with van der Waals surface area (Å²) in [5.41, 5.74) is 2.70.